The fourth-order valence-corrected chi connectivity index (χ4v) is 2.54. The molecule has 1 unspecified atom stereocenters. The van der Waals surface area contributed by atoms with E-state index in [0.717, 1.165) is 40.5 Å². The van der Waals surface area contributed by atoms with Gasteiger partial charge in [0.25, 0.3) is 0 Å². The number of furan rings is 1. The van der Waals surface area contributed by atoms with Crippen molar-refractivity contribution in [3.8, 4) is 11.5 Å². The van der Waals surface area contributed by atoms with Crippen LogP contribution in [0.25, 0.3) is 0 Å². The molecule has 2 rings (SSSR count). The van der Waals surface area contributed by atoms with Crippen molar-refractivity contribution in [3.63, 3.8) is 0 Å². The maximum atomic E-state index is 5.68. The van der Waals surface area contributed by atoms with Crippen molar-refractivity contribution < 1.29 is 13.9 Å². The number of benzene rings is 1. The van der Waals surface area contributed by atoms with Gasteiger partial charge in [-0.1, -0.05) is 6.92 Å². The molecule has 1 aromatic carbocycles. The number of ether oxygens (including phenoxy) is 2. The molecule has 0 aliphatic carbocycles. The molecule has 1 N–H and O–H groups in total. The van der Waals surface area contributed by atoms with Crippen LogP contribution in [0.3, 0.4) is 0 Å². The number of hydrogen-bond donors (Lipinski definition) is 1. The van der Waals surface area contributed by atoms with E-state index in [-0.39, 0.29) is 6.04 Å². The molecule has 1 aromatic heterocycles. The summed E-state index contributed by atoms with van der Waals surface area (Å²) in [7, 11) is 3.30. The second-order valence-corrected chi connectivity index (χ2v) is 5.02. The van der Waals surface area contributed by atoms with E-state index < -0.39 is 0 Å². The Labute approximate surface area is 126 Å². The molecule has 114 valence electrons. The molecule has 1 heterocycles. The quantitative estimate of drug-likeness (QED) is 0.882. The van der Waals surface area contributed by atoms with Gasteiger partial charge in [-0.3, -0.25) is 0 Å². The van der Waals surface area contributed by atoms with Gasteiger partial charge in [0.05, 0.1) is 26.5 Å². The molecule has 2 aromatic rings. The zero-order valence-electron chi connectivity index (χ0n) is 13.3. The van der Waals surface area contributed by atoms with Crippen LogP contribution in [-0.4, -0.2) is 20.8 Å². The van der Waals surface area contributed by atoms with Gasteiger partial charge in [0.1, 0.15) is 5.76 Å². The first-order chi connectivity index (χ1) is 10.1. The summed E-state index contributed by atoms with van der Waals surface area (Å²) in [5.74, 6) is 2.41. The van der Waals surface area contributed by atoms with Crippen LogP contribution < -0.4 is 14.8 Å². The van der Waals surface area contributed by atoms with Crippen LogP contribution >= 0.6 is 0 Å². The molecule has 0 aliphatic heterocycles. The molecule has 0 spiro atoms. The molecular weight excluding hydrogens is 266 g/mol. The van der Waals surface area contributed by atoms with E-state index in [4.69, 9.17) is 13.9 Å². The summed E-state index contributed by atoms with van der Waals surface area (Å²) in [6.07, 6.45) is 1.73. The molecule has 0 aliphatic rings. The average Bonchev–Trinajstić information content (AvgIpc) is 2.90. The van der Waals surface area contributed by atoms with E-state index in [1.54, 1.807) is 20.5 Å². The molecule has 4 heteroatoms. The van der Waals surface area contributed by atoms with Crippen molar-refractivity contribution in [1.82, 2.24) is 5.32 Å². The Morgan fingerprint density at radius 1 is 1.10 bits per heavy atom. The van der Waals surface area contributed by atoms with Crippen LogP contribution in [0.2, 0.25) is 0 Å². The van der Waals surface area contributed by atoms with Gasteiger partial charge in [-0.05, 0) is 55.3 Å². The van der Waals surface area contributed by atoms with Gasteiger partial charge in [0.15, 0.2) is 11.5 Å². The first kappa shape index (κ1) is 15.4. The maximum absolute atomic E-state index is 5.68. The summed E-state index contributed by atoms with van der Waals surface area (Å²) in [5.41, 5.74) is 3.40. The van der Waals surface area contributed by atoms with Crippen molar-refractivity contribution in [2.24, 2.45) is 0 Å². The first-order valence-electron chi connectivity index (χ1n) is 7.12. The molecule has 0 fully saturated rings. The van der Waals surface area contributed by atoms with Gasteiger partial charge in [0.2, 0.25) is 0 Å². The summed E-state index contributed by atoms with van der Waals surface area (Å²) in [6.45, 7) is 7.05. The molecule has 4 nitrogen and oxygen atoms in total. The number of hydrogen-bond acceptors (Lipinski definition) is 4. The number of methoxy groups -OCH3 is 2. The van der Waals surface area contributed by atoms with E-state index in [1.165, 1.54) is 0 Å². The zero-order valence-corrected chi connectivity index (χ0v) is 13.3. The molecule has 0 radical (unpaired) electrons. The summed E-state index contributed by atoms with van der Waals surface area (Å²) in [6, 6.07) is 6.00. The van der Waals surface area contributed by atoms with Crippen LogP contribution in [0, 0.1) is 13.8 Å². The summed E-state index contributed by atoms with van der Waals surface area (Å²) < 4.78 is 16.5. The number of rotatable bonds is 6. The number of aryl methyl sites for hydroxylation is 2. The third-order valence-corrected chi connectivity index (χ3v) is 3.66. The SMILES string of the molecule is CCNC(c1cc(OC)c(OC)cc1C)c1occc1C. The Bertz CT molecular complexity index is 604. The van der Waals surface area contributed by atoms with Gasteiger partial charge < -0.3 is 19.2 Å². The minimum atomic E-state index is 0.00445. The Morgan fingerprint density at radius 2 is 1.76 bits per heavy atom. The van der Waals surface area contributed by atoms with E-state index in [9.17, 15) is 0 Å². The molecule has 1 atom stereocenters. The second-order valence-electron chi connectivity index (χ2n) is 5.02. The summed E-state index contributed by atoms with van der Waals surface area (Å²) in [4.78, 5) is 0. The topological polar surface area (TPSA) is 43.6 Å². The third kappa shape index (κ3) is 3.05. The lowest BCUT2D eigenvalue weighted by molar-refractivity contribution is 0.353. The molecule has 21 heavy (non-hydrogen) atoms. The Morgan fingerprint density at radius 3 is 2.29 bits per heavy atom. The lowest BCUT2D eigenvalue weighted by atomic mass is 9.96. The van der Waals surface area contributed by atoms with E-state index in [1.807, 2.05) is 18.2 Å². The molecule has 0 amide bonds. The van der Waals surface area contributed by atoms with Crippen LogP contribution in [0.5, 0.6) is 11.5 Å². The van der Waals surface area contributed by atoms with Crippen LogP contribution in [0.4, 0.5) is 0 Å². The van der Waals surface area contributed by atoms with Gasteiger partial charge >= 0.3 is 0 Å². The monoisotopic (exact) mass is 289 g/mol. The smallest absolute Gasteiger partial charge is 0.161 e. The van der Waals surface area contributed by atoms with Crippen LogP contribution in [0.1, 0.15) is 35.4 Å². The molecular formula is C17H23NO3. The lowest BCUT2D eigenvalue weighted by Gasteiger charge is -2.21. The fraction of sp³-hybridized carbons (Fsp3) is 0.412. The Balaban J connectivity index is 2.53. The first-order valence-corrected chi connectivity index (χ1v) is 7.12. The van der Waals surface area contributed by atoms with Crippen molar-refractivity contribution in [2.75, 3.05) is 20.8 Å². The molecule has 0 bridgehead atoms. The van der Waals surface area contributed by atoms with Crippen molar-refractivity contribution >= 4 is 0 Å². The summed E-state index contributed by atoms with van der Waals surface area (Å²) >= 11 is 0. The minimum absolute atomic E-state index is 0.00445. The predicted octanol–water partition coefficient (Wildman–Crippen LogP) is 3.61. The predicted molar refractivity (Wildman–Crippen MR) is 83.2 cm³/mol. The van der Waals surface area contributed by atoms with Gasteiger partial charge in [-0.25, -0.2) is 0 Å². The maximum Gasteiger partial charge on any atom is 0.161 e. The minimum Gasteiger partial charge on any atom is -0.493 e. The second kappa shape index (κ2) is 6.68. The Hall–Kier alpha value is -1.94. The summed E-state index contributed by atoms with van der Waals surface area (Å²) in [5, 5.41) is 3.48. The third-order valence-electron chi connectivity index (χ3n) is 3.66. The average molecular weight is 289 g/mol. The number of nitrogens with one attached hydrogen (secondary N) is 1. The van der Waals surface area contributed by atoms with Gasteiger partial charge in [0, 0.05) is 0 Å². The van der Waals surface area contributed by atoms with E-state index >= 15 is 0 Å². The lowest BCUT2D eigenvalue weighted by Crippen LogP contribution is -2.23. The largest absolute Gasteiger partial charge is 0.493 e. The standard InChI is InChI=1S/C17H23NO3/c1-6-18-16(17-11(2)7-8-21-17)13-10-15(20-5)14(19-4)9-12(13)3/h7-10,16,18H,6H2,1-5H3. The highest BCUT2D eigenvalue weighted by Crippen LogP contribution is 2.36. The molecule has 0 saturated heterocycles. The van der Waals surface area contributed by atoms with Crippen LogP contribution in [-0.2, 0) is 0 Å². The highest BCUT2D eigenvalue weighted by Gasteiger charge is 2.22. The fourth-order valence-electron chi connectivity index (χ4n) is 2.54. The highest BCUT2D eigenvalue weighted by molar-refractivity contribution is 5.49. The molecule has 0 saturated carbocycles. The normalized spacial score (nSPS) is 12.2. The van der Waals surface area contributed by atoms with Crippen molar-refractivity contribution in [1.29, 1.82) is 0 Å². The van der Waals surface area contributed by atoms with Crippen molar-refractivity contribution in [2.45, 2.75) is 26.8 Å². The van der Waals surface area contributed by atoms with Gasteiger partial charge in [-0.15, -0.1) is 0 Å². The van der Waals surface area contributed by atoms with E-state index in [0.29, 0.717) is 0 Å². The van der Waals surface area contributed by atoms with E-state index in [2.05, 4.69) is 26.1 Å². The van der Waals surface area contributed by atoms with Crippen LogP contribution in [0.15, 0.2) is 28.9 Å². The zero-order chi connectivity index (χ0) is 15.4. The highest BCUT2D eigenvalue weighted by atomic mass is 16.5. The van der Waals surface area contributed by atoms with Gasteiger partial charge in [-0.2, -0.15) is 0 Å². The Kier molecular flexibility index (Phi) is 4.91. The van der Waals surface area contributed by atoms with Crippen molar-refractivity contribution in [3.05, 3.63) is 46.9 Å².